The van der Waals surface area contributed by atoms with Crippen molar-refractivity contribution in [3.63, 3.8) is 0 Å². The molecule has 0 saturated carbocycles. The molecule has 1 heteroatoms. The van der Waals surface area contributed by atoms with Crippen LogP contribution in [-0.4, -0.2) is 0 Å². The molecule has 0 amide bonds. The summed E-state index contributed by atoms with van der Waals surface area (Å²) in [5.41, 5.74) is 9.13. The topological polar surface area (TPSA) is 0 Å². The van der Waals surface area contributed by atoms with E-state index in [1.807, 2.05) is 0 Å². The molecule has 0 bridgehead atoms. The van der Waals surface area contributed by atoms with Gasteiger partial charge in [0.1, 0.15) is 0 Å². The number of aryl methyl sites for hydroxylation is 2. The minimum Gasteiger partial charge on any atom is -0.0613 e. The van der Waals surface area contributed by atoms with Crippen molar-refractivity contribution in [1.82, 2.24) is 0 Å². The summed E-state index contributed by atoms with van der Waals surface area (Å²) in [5.74, 6) is 0. The molecule has 0 nitrogen and oxygen atoms in total. The number of hydrogen-bond acceptors (Lipinski definition) is 0. The van der Waals surface area contributed by atoms with E-state index in [9.17, 15) is 0 Å². The van der Waals surface area contributed by atoms with Gasteiger partial charge in [-0.15, -0.1) is 0 Å². The molecule has 3 aromatic rings. The Hall–Kier alpha value is -1.35. The van der Waals surface area contributed by atoms with Gasteiger partial charge in [-0.2, -0.15) is 0 Å². The Morgan fingerprint density at radius 3 is 2.59 bits per heavy atom. The Bertz CT molecular complexity index is 963. The van der Waals surface area contributed by atoms with Crippen LogP contribution in [0.15, 0.2) is 42.5 Å². The molecule has 0 unspecified atom stereocenters. The fourth-order valence-corrected chi connectivity index (χ4v) is 5.00. The highest BCUT2D eigenvalue weighted by atomic mass is 127. The minimum absolute atomic E-state index is 0.106. The molecule has 108 valence electrons. The van der Waals surface area contributed by atoms with Crippen molar-refractivity contribution in [2.24, 2.45) is 0 Å². The van der Waals surface area contributed by atoms with Crippen LogP contribution >= 0.6 is 22.6 Å². The van der Waals surface area contributed by atoms with Gasteiger partial charge < -0.3 is 0 Å². The molecule has 3 aromatic carbocycles. The number of benzene rings is 3. The van der Waals surface area contributed by atoms with Gasteiger partial charge in [-0.25, -0.2) is 0 Å². The lowest BCUT2D eigenvalue weighted by Crippen LogP contribution is -2.15. The second-order valence-electron chi connectivity index (χ2n) is 7.11. The molecule has 0 N–H and O–H groups in total. The van der Waals surface area contributed by atoms with Gasteiger partial charge in [0.05, 0.1) is 0 Å². The van der Waals surface area contributed by atoms with Gasteiger partial charge in [-0.3, -0.25) is 0 Å². The SMILES string of the molecule is CC1(C)c2cc(I)ccc2-c2c1cc1c3c(cccc23)CC1. The van der Waals surface area contributed by atoms with Crippen molar-refractivity contribution < 1.29 is 0 Å². The molecular weight excluding hydrogens is 379 g/mol. The molecule has 2 aliphatic carbocycles. The van der Waals surface area contributed by atoms with Crippen LogP contribution in [0.2, 0.25) is 0 Å². The lowest BCUT2D eigenvalue weighted by Gasteiger charge is -2.22. The van der Waals surface area contributed by atoms with Crippen molar-refractivity contribution in [3.8, 4) is 11.1 Å². The average molecular weight is 396 g/mol. The predicted octanol–water partition coefficient (Wildman–Crippen LogP) is 5.85. The van der Waals surface area contributed by atoms with Crippen LogP contribution < -0.4 is 0 Å². The van der Waals surface area contributed by atoms with E-state index in [0.29, 0.717) is 0 Å². The summed E-state index contributed by atoms with van der Waals surface area (Å²) in [6.07, 6.45) is 2.41. The van der Waals surface area contributed by atoms with Gasteiger partial charge >= 0.3 is 0 Å². The summed E-state index contributed by atoms with van der Waals surface area (Å²) in [4.78, 5) is 0. The first-order valence-corrected chi connectivity index (χ1v) is 9.03. The summed E-state index contributed by atoms with van der Waals surface area (Å²) >= 11 is 2.43. The summed E-state index contributed by atoms with van der Waals surface area (Å²) in [7, 11) is 0. The van der Waals surface area contributed by atoms with Crippen LogP contribution in [0.4, 0.5) is 0 Å². The van der Waals surface area contributed by atoms with Crippen LogP contribution in [0.25, 0.3) is 21.9 Å². The van der Waals surface area contributed by atoms with Gasteiger partial charge in [0.25, 0.3) is 0 Å². The van der Waals surface area contributed by atoms with Gasteiger partial charge in [0.2, 0.25) is 0 Å². The molecule has 5 rings (SSSR count). The fraction of sp³-hybridized carbons (Fsp3) is 0.238. The van der Waals surface area contributed by atoms with Crippen molar-refractivity contribution in [2.45, 2.75) is 32.1 Å². The Morgan fingerprint density at radius 1 is 0.909 bits per heavy atom. The molecule has 0 radical (unpaired) electrons. The monoisotopic (exact) mass is 396 g/mol. The van der Waals surface area contributed by atoms with E-state index >= 15 is 0 Å². The molecule has 0 fully saturated rings. The minimum atomic E-state index is 0.106. The molecular formula is C21H17I. The Kier molecular flexibility index (Phi) is 2.47. The van der Waals surface area contributed by atoms with Crippen LogP contribution in [0.1, 0.15) is 36.1 Å². The Labute approximate surface area is 144 Å². The number of rotatable bonds is 0. The Morgan fingerprint density at radius 2 is 1.73 bits per heavy atom. The lowest BCUT2D eigenvalue weighted by molar-refractivity contribution is 0.659. The second kappa shape index (κ2) is 4.14. The van der Waals surface area contributed by atoms with Gasteiger partial charge in [-0.05, 0) is 91.7 Å². The van der Waals surface area contributed by atoms with Gasteiger partial charge in [0.15, 0.2) is 0 Å². The van der Waals surface area contributed by atoms with Crippen molar-refractivity contribution >= 4 is 33.4 Å². The van der Waals surface area contributed by atoms with Crippen LogP contribution in [-0.2, 0) is 18.3 Å². The summed E-state index contributed by atoms with van der Waals surface area (Å²) < 4.78 is 1.33. The van der Waals surface area contributed by atoms with Crippen molar-refractivity contribution in [1.29, 1.82) is 0 Å². The van der Waals surface area contributed by atoms with E-state index in [2.05, 4.69) is 78.9 Å². The van der Waals surface area contributed by atoms with E-state index in [0.717, 1.165) is 0 Å². The van der Waals surface area contributed by atoms with Crippen LogP contribution in [0.5, 0.6) is 0 Å². The largest absolute Gasteiger partial charge is 0.0613 e. The third-order valence-electron chi connectivity index (χ3n) is 5.59. The van der Waals surface area contributed by atoms with E-state index < -0.39 is 0 Å². The smallest absolute Gasteiger partial charge is 0.0159 e. The van der Waals surface area contributed by atoms with Gasteiger partial charge in [-0.1, -0.05) is 44.2 Å². The van der Waals surface area contributed by atoms with E-state index in [4.69, 9.17) is 0 Å². The quantitative estimate of drug-likeness (QED) is 0.418. The molecule has 0 aromatic heterocycles. The molecule has 0 spiro atoms. The second-order valence-corrected chi connectivity index (χ2v) is 8.36. The standard InChI is InChI=1S/C21H17I/c1-21(2)17-11-14(22)8-9-15(17)20-16-5-3-4-12-6-7-13(19(12)16)10-18(20)21/h3-5,8-11H,6-7H2,1-2H3. The van der Waals surface area contributed by atoms with E-state index in [1.54, 1.807) is 5.56 Å². The lowest BCUT2D eigenvalue weighted by atomic mass is 9.81. The average Bonchev–Trinajstić information content (AvgIpc) is 3.01. The maximum Gasteiger partial charge on any atom is 0.0159 e. The summed E-state index contributed by atoms with van der Waals surface area (Å²) in [6.45, 7) is 4.76. The fourth-order valence-electron chi connectivity index (χ4n) is 4.51. The third-order valence-corrected chi connectivity index (χ3v) is 6.26. The van der Waals surface area contributed by atoms with Crippen LogP contribution in [0.3, 0.4) is 0 Å². The zero-order valence-electron chi connectivity index (χ0n) is 12.8. The summed E-state index contributed by atoms with van der Waals surface area (Å²) in [5, 5.41) is 3.00. The highest BCUT2D eigenvalue weighted by molar-refractivity contribution is 14.1. The molecule has 0 saturated heterocycles. The first-order valence-electron chi connectivity index (χ1n) is 7.96. The Balaban J connectivity index is 2.00. The maximum atomic E-state index is 2.50. The summed E-state index contributed by atoms with van der Waals surface area (Å²) in [6, 6.07) is 16.3. The zero-order chi connectivity index (χ0) is 15.1. The number of hydrogen-bond donors (Lipinski definition) is 0. The predicted molar refractivity (Wildman–Crippen MR) is 102 cm³/mol. The number of halogens is 1. The highest BCUT2D eigenvalue weighted by Crippen LogP contribution is 2.53. The maximum absolute atomic E-state index is 2.50. The normalized spacial score (nSPS) is 16.9. The molecule has 0 heterocycles. The highest BCUT2D eigenvalue weighted by Gasteiger charge is 2.37. The van der Waals surface area contributed by atoms with Gasteiger partial charge in [0, 0.05) is 8.99 Å². The van der Waals surface area contributed by atoms with Crippen molar-refractivity contribution in [2.75, 3.05) is 0 Å². The first kappa shape index (κ1) is 13.1. The van der Waals surface area contributed by atoms with Crippen LogP contribution in [0, 0.1) is 3.57 Å². The molecule has 2 aliphatic rings. The first-order chi connectivity index (χ1) is 10.6. The number of fused-ring (bicyclic) bond motifs is 4. The molecule has 22 heavy (non-hydrogen) atoms. The zero-order valence-corrected chi connectivity index (χ0v) is 15.0. The van der Waals surface area contributed by atoms with E-state index in [-0.39, 0.29) is 5.41 Å². The molecule has 0 aliphatic heterocycles. The third kappa shape index (κ3) is 1.48. The molecule has 0 atom stereocenters. The van der Waals surface area contributed by atoms with Crippen molar-refractivity contribution in [3.05, 3.63) is 68.3 Å². The van der Waals surface area contributed by atoms with E-state index in [1.165, 1.54) is 55.0 Å².